The van der Waals surface area contributed by atoms with E-state index in [-0.39, 0.29) is 6.10 Å². The summed E-state index contributed by atoms with van der Waals surface area (Å²) in [6, 6.07) is 20.3. The predicted octanol–water partition coefficient (Wildman–Crippen LogP) is 6.15. The Morgan fingerprint density at radius 3 is 1.93 bits per heavy atom. The Hall–Kier alpha value is -2.11. The molecule has 0 aliphatic heterocycles. The van der Waals surface area contributed by atoms with Crippen LogP contribution in [0.15, 0.2) is 94.4 Å². The van der Waals surface area contributed by atoms with E-state index in [0.29, 0.717) is 11.5 Å². The highest BCUT2D eigenvalue weighted by molar-refractivity contribution is 8.00. The molecule has 1 amide bonds. The Balaban J connectivity index is 1.95. The van der Waals surface area contributed by atoms with E-state index in [2.05, 4.69) is 29.6 Å². The Morgan fingerprint density at radius 2 is 1.48 bits per heavy atom. The molecule has 3 nitrogen and oxygen atoms in total. The van der Waals surface area contributed by atoms with Crippen LogP contribution in [0.3, 0.4) is 0 Å². The number of ether oxygens (including phenoxy) is 1. The molecule has 0 aliphatic carbocycles. The summed E-state index contributed by atoms with van der Waals surface area (Å²) in [5.41, 5.74) is 0.729. The minimum absolute atomic E-state index is 0.205. The fourth-order valence-electron chi connectivity index (χ4n) is 2.22. The van der Waals surface area contributed by atoms with Gasteiger partial charge in [-0.05, 0) is 44.2 Å². The average molecular weight is 400 g/mol. The lowest BCUT2D eigenvalue weighted by Gasteiger charge is -2.18. The molecule has 1 N–H and O–H groups in total. The first-order valence-corrected chi connectivity index (χ1v) is 10.8. The largest absolute Gasteiger partial charge is 0.444 e. The summed E-state index contributed by atoms with van der Waals surface area (Å²) in [5.74, 6) is 1.40. The number of alkyl carbamates (subject to hydrolysis) is 1. The molecule has 2 rings (SSSR count). The van der Waals surface area contributed by atoms with Crippen LogP contribution < -0.4 is 5.32 Å². The van der Waals surface area contributed by atoms with Gasteiger partial charge in [0.2, 0.25) is 0 Å². The highest BCUT2D eigenvalue weighted by Crippen LogP contribution is 2.24. The number of hydrogen-bond donors (Lipinski definition) is 1. The number of nitrogens with one attached hydrogen (secondary N) is 1. The number of carbonyl (C=O) groups excluding carboxylic acids is 1. The van der Waals surface area contributed by atoms with Crippen molar-refractivity contribution in [1.29, 1.82) is 0 Å². The molecular weight excluding hydrogens is 374 g/mol. The highest BCUT2D eigenvalue weighted by Gasteiger charge is 2.16. The van der Waals surface area contributed by atoms with Crippen LogP contribution in [0.4, 0.5) is 4.79 Å². The zero-order valence-corrected chi connectivity index (χ0v) is 17.3. The van der Waals surface area contributed by atoms with Crippen LogP contribution in [0.2, 0.25) is 0 Å². The number of rotatable bonds is 9. The molecule has 0 saturated heterocycles. The second-order valence-electron chi connectivity index (χ2n) is 5.64. The number of allylic oxidation sites excluding steroid dienone is 3. The van der Waals surface area contributed by atoms with E-state index < -0.39 is 6.09 Å². The summed E-state index contributed by atoms with van der Waals surface area (Å²) in [6.07, 6.45) is 4.93. The molecule has 0 fully saturated rings. The average Bonchev–Trinajstić information content (AvgIpc) is 2.71. The van der Waals surface area contributed by atoms with Crippen molar-refractivity contribution >= 4 is 29.6 Å². The third-order valence-corrected chi connectivity index (χ3v) is 5.82. The Morgan fingerprint density at radius 1 is 0.963 bits per heavy atom. The molecule has 0 spiro atoms. The van der Waals surface area contributed by atoms with E-state index in [0.717, 1.165) is 5.70 Å². The second kappa shape index (κ2) is 12.3. The molecule has 0 unspecified atom stereocenters. The lowest BCUT2D eigenvalue weighted by molar-refractivity contribution is 0.122. The third kappa shape index (κ3) is 8.41. The highest BCUT2D eigenvalue weighted by atomic mass is 32.2. The Labute approximate surface area is 170 Å². The van der Waals surface area contributed by atoms with Gasteiger partial charge in [-0.1, -0.05) is 48.6 Å². The van der Waals surface area contributed by atoms with Gasteiger partial charge in [-0.2, -0.15) is 0 Å². The van der Waals surface area contributed by atoms with E-state index in [1.807, 2.05) is 68.5 Å². The molecule has 142 valence electrons. The molecule has 5 heteroatoms. The van der Waals surface area contributed by atoms with Crippen LogP contribution in [0.1, 0.15) is 13.8 Å². The minimum Gasteiger partial charge on any atom is -0.444 e. The van der Waals surface area contributed by atoms with E-state index in [1.165, 1.54) is 9.79 Å². The van der Waals surface area contributed by atoms with E-state index >= 15 is 0 Å². The molecule has 0 bridgehead atoms. The number of benzene rings is 2. The monoisotopic (exact) mass is 399 g/mol. The minimum atomic E-state index is -0.423. The van der Waals surface area contributed by atoms with Gasteiger partial charge in [-0.15, -0.1) is 23.5 Å². The lowest BCUT2D eigenvalue weighted by Crippen LogP contribution is -2.30. The van der Waals surface area contributed by atoms with Crippen LogP contribution in [0.25, 0.3) is 0 Å². The van der Waals surface area contributed by atoms with Gasteiger partial charge in [-0.25, -0.2) is 4.79 Å². The molecule has 2 aromatic carbocycles. The lowest BCUT2D eigenvalue weighted by atomic mass is 10.4. The van der Waals surface area contributed by atoms with Gasteiger partial charge < -0.3 is 4.74 Å². The molecule has 27 heavy (non-hydrogen) atoms. The van der Waals surface area contributed by atoms with Gasteiger partial charge in [0.05, 0.1) is 0 Å². The number of thioether (sulfide) groups is 2. The van der Waals surface area contributed by atoms with Crippen molar-refractivity contribution < 1.29 is 9.53 Å². The van der Waals surface area contributed by atoms with Crippen LogP contribution >= 0.6 is 23.5 Å². The van der Waals surface area contributed by atoms with Crippen molar-refractivity contribution in [2.24, 2.45) is 0 Å². The van der Waals surface area contributed by atoms with E-state index in [4.69, 9.17) is 4.74 Å². The first kappa shape index (κ1) is 21.2. The van der Waals surface area contributed by atoms with Gasteiger partial charge in [0.1, 0.15) is 6.10 Å². The first-order valence-electron chi connectivity index (χ1n) is 8.83. The number of amides is 1. The normalized spacial score (nSPS) is 11.7. The topological polar surface area (TPSA) is 38.3 Å². The standard InChI is InChI=1S/C22H25NO2S2/c1-3-11-18(4-2)23-22(24)25-19(16-26-20-12-7-5-8-13-20)17-27-21-14-9-6-10-15-21/h3-15,19H,16-17H2,1-2H3,(H,23,24)/b11-3-,18-4+. The van der Waals surface area contributed by atoms with Crippen molar-refractivity contribution in [2.75, 3.05) is 11.5 Å². The summed E-state index contributed by atoms with van der Waals surface area (Å²) < 4.78 is 5.71. The molecule has 0 heterocycles. The fraction of sp³-hybridized carbons (Fsp3) is 0.227. The smallest absolute Gasteiger partial charge is 0.411 e. The quantitative estimate of drug-likeness (QED) is 0.406. The molecule has 0 radical (unpaired) electrons. The predicted molar refractivity (Wildman–Crippen MR) is 116 cm³/mol. The second-order valence-corrected chi connectivity index (χ2v) is 7.83. The molecule has 0 atom stereocenters. The SMILES string of the molecule is C/C=C\C(=C/C)NC(=O)OC(CSc1ccccc1)CSc1ccccc1. The first-order chi connectivity index (χ1) is 13.2. The summed E-state index contributed by atoms with van der Waals surface area (Å²) in [4.78, 5) is 14.6. The van der Waals surface area contributed by atoms with Crippen molar-refractivity contribution in [3.63, 3.8) is 0 Å². The summed E-state index contributed by atoms with van der Waals surface area (Å²) in [7, 11) is 0. The zero-order valence-electron chi connectivity index (χ0n) is 15.6. The zero-order chi connectivity index (χ0) is 19.3. The Bertz CT molecular complexity index is 702. The van der Waals surface area contributed by atoms with Crippen molar-refractivity contribution in [1.82, 2.24) is 5.32 Å². The van der Waals surface area contributed by atoms with Gasteiger partial charge in [-0.3, -0.25) is 5.32 Å². The van der Waals surface area contributed by atoms with Crippen LogP contribution in [0.5, 0.6) is 0 Å². The van der Waals surface area contributed by atoms with Gasteiger partial charge in [0.25, 0.3) is 0 Å². The van der Waals surface area contributed by atoms with Crippen LogP contribution in [-0.2, 0) is 4.74 Å². The van der Waals surface area contributed by atoms with Gasteiger partial charge in [0, 0.05) is 27.0 Å². The molecule has 0 aromatic heterocycles. The van der Waals surface area contributed by atoms with Crippen molar-refractivity contribution in [3.05, 3.63) is 84.6 Å². The maximum absolute atomic E-state index is 12.3. The van der Waals surface area contributed by atoms with Gasteiger partial charge in [0.15, 0.2) is 0 Å². The van der Waals surface area contributed by atoms with Crippen LogP contribution in [0, 0.1) is 0 Å². The summed E-state index contributed by atoms with van der Waals surface area (Å²) in [6.45, 7) is 3.79. The van der Waals surface area contributed by atoms with Crippen molar-refractivity contribution in [3.8, 4) is 0 Å². The molecular formula is C22H25NO2S2. The van der Waals surface area contributed by atoms with E-state index in [9.17, 15) is 4.79 Å². The molecule has 0 saturated carbocycles. The maximum atomic E-state index is 12.3. The third-order valence-electron chi connectivity index (χ3n) is 3.54. The van der Waals surface area contributed by atoms with E-state index in [1.54, 1.807) is 23.5 Å². The summed E-state index contributed by atoms with van der Waals surface area (Å²) in [5, 5.41) is 2.79. The summed E-state index contributed by atoms with van der Waals surface area (Å²) >= 11 is 3.39. The van der Waals surface area contributed by atoms with Gasteiger partial charge >= 0.3 is 6.09 Å². The molecule has 0 aliphatic rings. The number of hydrogen-bond acceptors (Lipinski definition) is 4. The van der Waals surface area contributed by atoms with Crippen molar-refractivity contribution in [2.45, 2.75) is 29.7 Å². The fourth-order valence-corrected chi connectivity index (χ4v) is 4.19. The van der Waals surface area contributed by atoms with Crippen LogP contribution in [-0.4, -0.2) is 23.7 Å². The number of carbonyl (C=O) groups is 1. The maximum Gasteiger partial charge on any atom is 0.411 e. The Kier molecular flexibility index (Phi) is 9.66. The molecule has 2 aromatic rings.